The molecular weight excluding hydrogens is 246 g/mol. The van der Waals surface area contributed by atoms with Crippen LogP contribution in [-0.4, -0.2) is 16.5 Å². The summed E-state index contributed by atoms with van der Waals surface area (Å²) in [7, 11) is 0. The summed E-state index contributed by atoms with van der Waals surface area (Å²) in [6.07, 6.45) is 6.01. The lowest BCUT2D eigenvalue weighted by molar-refractivity contribution is 0.220. The minimum absolute atomic E-state index is 0.499. The zero-order valence-electron chi connectivity index (χ0n) is 13.7. The van der Waals surface area contributed by atoms with Crippen LogP contribution in [0.3, 0.4) is 0 Å². The van der Waals surface area contributed by atoms with Crippen LogP contribution < -0.4 is 5.32 Å². The molecule has 1 aromatic heterocycles. The van der Waals surface area contributed by atoms with E-state index >= 15 is 0 Å². The van der Waals surface area contributed by atoms with Gasteiger partial charge in [0.05, 0.1) is 0 Å². The fourth-order valence-corrected chi connectivity index (χ4v) is 3.19. The minimum Gasteiger partial charge on any atom is -0.370 e. The summed E-state index contributed by atoms with van der Waals surface area (Å²) in [4.78, 5) is 9.65. The number of aryl methyl sites for hydroxylation is 1. The fourth-order valence-electron chi connectivity index (χ4n) is 3.19. The second-order valence-electron chi connectivity index (χ2n) is 6.82. The van der Waals surface area contributed by atoms with Crippen molar-refractivity contribution in [3.63, 3.8) is 0 Å². The number of nitrogens with zero attached hydrogens (tertiary/aromatic N) is 2. The molecule has 0 aliphatic heterocycles. The topological polar surface area (TPSA) is 37.8 Å². The van der Waals surface area contributed by atoms with Crippen LogP contribution in [0, 0.1) is 12.3 Å². The van der Waals surface area contributed by atoms with Crippen molar-refractivity contribution in [2.45, 2.75) is 72.6 Å². The van der Waals surface area contributed by atoms with Gasteiger partial charge >= 0.3 is 0 Å². The van der Waals surface area contributed by atoms with Crippen molar-refractivity contribution in [1.82, 2.24) is 9.97 Å². The van der Waals surface area contributed by atoms with Gasteiger partial charge in [-0.2, -0.15) is 0 Å². The van der Waals surface area contributed by atoms with Gasteiger partial charge in [0.2, 0.25) is 0 Å². The third-order valence-electron chi connectivity index (χ3n) is 4.63. The molecule has 1 aromatic rings. The molecule has 2 rings (SSSR count). The van der Waals surface area contributed by atoms with Gasteiger partial charge in [0.1, 0.15) is 11.6 Å². The second-order valence-corrected chi connectivity index (χ2v) is 6.82. The van der Waals surface area contributed by atoms with Crippen molar-refractivity contribution in [3.05, 3.63) is 17.1 Å². The zero-order valence-corrected chi connectivity index (χ0v) is 13.7. The molecule has 1 aliphatic carbocycles. The first kappa shape index (κ1) is 15.3. The smallest absolute Gasteiger partial charge is 0.134 e. The third-order valence-corrected chi connectivity index (χ3v) is 4.63. The lowest BCUT2D eigenvalue weighted by atomic mass is 9.73. The van der Waals surface area contributed by atoms with Gasteiger partial charge in [0, 0.05) is 23.7 Å². The average molecular weight is 275 g/mol. The molecule has 0 saturated heterocycles. The van der Waals surface area contributed by atoms with Gasteiger partial charge < -0.3 is 5.32 Å². The summed E-state index contributed by atoms with van der Waals surface area (Å²) in [5.74, 6) is 2.67. The van der Waals surface area contributed by atoms with Crippen LogP contribution in [0.1, 0.15) is 76.4 Å². The van der Waals surface area contributed by atoms with Gasteiger partial charge in [-0.3, -0.25) is 0 Å². The van der Waals surface area contributed by atoms with E-state index in [0.717, 1.165) is 30.3 Å². The number of hydrogen-bond donors (Lipinski definition) is 1. The van der Waals surface area contributed by atoms with E-state index in [0.29, 0.717) is 11.3 Å². The van der Waals surface area contributed by atoms with Crippen LogP contribution in [0.2, 0.25) is 0 Å². The van der Waals surface area contributed by atoms with E-state index in [1.807, 2.05) is 0 Å². The Kier molecular flexibility index (Phi) is 4.66. The molecule has 0 spiro atoms. The molecule has 20 heavy (non-hydrogen) atoms. The predicted molar refractivity (Wildman–Crippen MR) is 85.3 cm³/mol. The summed E-state index contributed by atoms with van der Waals surface area (Å²) in [5, 5.41) is 3.41. The van der Waals surface area contributed by atoms with E-state index in [2.05, 4.69) is 39.9 Å². The van der Waals surface area contributed by atoms with Gasteiger partial charge in [0.15, 0.2) is 0 Å². The van der Waals surface area contributed by atoms with Gasteiger partial charge in [0.25, 0.3) is 0 Å². The van der Waals surface area contributed by atoms with E-state index in [9.17, 15) is 0 Å². The molecular formula is C17H29N3. The molecule has 0 bridgehead atoms. The summed E-state index contributed by atoms with van der Waals surface area (Å²) >= 11 is 0. The molecule has 3 nitrogen and oxygen atoms in total. The van der Waals surface area contributed by atoms with Crippen LogP contribution in [0.4, 0.5) is 5.82 Å². The molecule has 0 radical (unpaired) electrons. The molecule has 1 heterocycles. The average Bonchev–Trinajstić information content (AvgIpc) is 2.38. The maximum atomic E-state index is 4.84. The summed E-state index contributed by atoms with van der Waals surface area (Å²) < 4.78 is 0. The highest BCUT2D eigenvalue weighted by Crippen LogP contribution is 2.41. The zero-order chi connectivity index (χ0) is 14.8. The van der Waals surface area contributed by atoms with Crippen molar-refractivity contribution in [1.29, 1.82) is 0 Å². The maximum Gasteiger partial charge on any atom is 0.134 e. The van der Waals surface area contributed by atoms with Crippen LogP contribution >= 0.6 is 0 Å². The molecule has 0 unspecified atom stereocenters. The molecule has 3 heteroatoms. The van der Waals surface area contributed by atoms with E-state index < -0.39 is 0 Å². The molecule has 1 N–H and O–H groups in total. The van der Waals surface area contributed by atoms with Crippen LogP contribution in [-0.2, 0) is 6.42 Å². The molecule has 1 fully saturated rings. The first-order valence-corrected chi connectivity index (χ1v) is 8.08. The van der Waals surface area contributed by atoms with E-state index in [-0.39, 0.29) is 0 Å². The number of rotatable bonds is 4. The SMILES string of the molecule is CCNc1nc(C2CCC(C)(C)CC2)nc(C)c1CC. The van der Waals surface area contributed by atoms with Crippen molar-refractivity contribution < 1.29 is 0 Å². The van der Waals surface area contributed by atoms with Gasteiger partial charge in [-0.1, -0.05) is 20.8 Å². The Hall–Kier alpha value is -1.12. The van der Waals surface area contributed by atoms with Gasteiger partial charge in [-0.25, -0.2) is 9.97 Å². The second kappa shape index (κ2) is 6.11. The van der Waals surface area contributed by atoms with Crippen LogP contribution in [0.5, 0.6) is 0 Å². The Morgan fingerprint density at radius 1 is 1.15 bits per heavy atom. The Morgan fingerprint density at radius 2 is 1.80 bits per heavy atom. The van der Waals surface area contributed by atoms with Crippen molar-refractivity contribution in [2.24, 2.45) is 5.41 Å². The highest BCUT2D eigenvalue weighted by Gasteiger charge is 2.29. The van der Waals surface area contributed by atoms with Crippen molar-refractivity contribution in [2.75, 3.05) is 11.9 Å². The van der Waals surface area contributed by atoms with Crippen molar-refractivity contribution >= 4 is 5.82 Å². The highest BCUT2D eigenvalue weighted by atomic mass is 15.0. The quantitative estimate of drug-likeness (QED) is 0.881. The normalized spacial score (nSPS) is 19.1. The Morgan fingerprint density at radius 3 is 2.35 bits per heavy atom. The lowest BCUT2D eigenvalue weighted by Gasteiger charge is -2.33. The molecule has 0 amide bonds. The fraction of sp³-hybridized carbons (Fsp3) is 0.765. The number of nitrogens with one attached hydrogen (secondary N) is 1. The number of aromatic nitrogens is 2. The van der Waals surface area contributed by atoms with E-state index in [1.54, 1.807) is 0 Å². The largest absolute Gasteiger partial charge is 0.370 e. The van der Waals surface area contributed by atoms with E-state index in [1.165, 1.54) is 31.2 Å². The van der Waals surface area contributed by atoms with Gasteiger partial charge in [-0.05, 0) is 51.4 Å². The molecule has 0 atom stereocenters. The molecule has 1 saturated carbocycles. The number of anilines is 1. The summed E-state index contributed by atoms with van der Waals surface area (Å²) in [6.45, 7) is 12.1. The summed E-state index contributed by atoms with van der Waals surface area (Å²) in [5.41, 5.74) is 2.92. The predicted octanol–water partition coefficient (Wildman–Crippen LogP) is 4.46. The Balaban J connectivity index is 2.24. The lowest BCUT2D eigenvalue weighted by Crippen LogP contribution is -2.22. The minimum atomic E-state index is 0.499. The Labute approximate surface area is 123 Å². The highest BCUT2D eigenvalue weighted by molar-refractivity contribution is 5.46. The standard InChI is InChI=1S/C17H29N3/c1-6-14-12(3)19-15(20-16(14)18-7-2)13-8-10-17(4,5)11-9-13/h13H,6-11H2,1-5H3,(H,18,19,20). The number of hydrogen-bond acceptors (Lipinski definition) is 3. The molecule has 112 valence electrons. The summed E-state index contributed by atoms with van der Waals surface area (Å²) in [6, 6.07) is 0. The van der Waals surface area contributed by atoms with Crippen LogP contribution in [0.25, 0.3) is 0 Å². The monoisotopic (exact) mass is 275 g/mol. The maximum absolute atomic E-state index is 4.84. The van der Waals surface area contributed by atoms with Crippen molar-refractivity contribution in [3.8, 4) is 0 Å². The third kappa shape index (κ3) is 3.31. The molecule has 0 aromatic carbocycles. The Bertz CT molecular complexity index is 456. The first-order chi connectivity index (χ1) is 9.46. The first-order valence-electron chi connectivity index (χ1n) is 8.08. The van der Waals surface area contributed by atoms with Crippen LogP contribution in [0.15, 0.2) is 0 Å². The molecule has 1 aliphatic rings. The van der Waals surface area contributed by atoms with E-state index in [4.69, 9.17) is 9.97 Å². The van der Waals surface area contributed by atoms with Gasteiger partial charge in [-0.15, -0.1) is 0 Å².